The third kappa shape index (κ3) is 3.74. The van der Waals surface area contributed by atoms with Gasteiger partial charge in [0.1, 0.15) is 5.57 Å². The summed E-state index contributed by atoms with van der Waals surface area (Å²) in [5, 5.41) is 2.86. The van der Waals surface area contributed by atoms with Crippen LogP contribution in [-0.2, 0) is 16.0 Å². The Kier molecular flexibility index (Phi) is 5.72. The number of amides is 4. The van der Waals surface area contributed by atoms with Crippen LogP contribution < -0.4 is 10.2 Å². The van der Waals surface area contributed by atoms with Crippen molar-refractivity contribution in [3.63, 3.8) is 0 Å². The zero-order valence-corrected chi connectivity index (χ0v) is 18.7. The van der Waals surface area contributed by atoms with Crippen molar-refractivity contribution in [2.45, 2.75) is 27.2 Å². The molecule has 2 heterocycles. The van der Waals surface area contributed by atoms with Crippen molar-refractivity contribution in [3.05, 3.63) is 87.7 Å². The van der Waals surface area contributed by atoms with Gasteiger partial charge < -0.3 is 4.57 Å². The first-order chi connectivity index (χ1) is 15.3. The van der Waals surface area contributed by atoms with Crippen LogP contribution in [-0.4, -0.2) is 22.4 Å². The van der Waals surface area contributed by atoms with Crippen LogP contribution in [0.25, 0.3) is 11.8 Å². The van der Waals surface area contributed by atoms with Gasteiger partial charge in [-0.2, -0.15) is 0 Å². The van der Waals surface area contributed by atoms with Crippen molar-refractivity contribution >= 4 is 41.2 Å². The third-order valence-corrected chi connectivity index (χ3v) is 5.89. The Morgan fingerprint density at radius 1 is 1.00 bits per heavy atom. The van der Waals surface area contributed by atoms with Gasteiger partial charge in [0.2, 0.25) is 0 Å². The number of para-hydroxylation sites is 1. The largest absolute Gasteiger partial charge is 0.335 e. The van der Waals surface area contributed by atoms with Gasteiger partial charge in [0.05, 0.1) is 16.4 Å². The molecule has 2 aromatic carbocycles. The van der Waals surface area contributed by atoms with E-state index in [1.807, 2.05) is 61.7 Å². The summed E-state index contributed by atoms with van der Waals surface area (Å²) >= 11 is 6.38. The number of halogens is 1. The number of aryl methyl sites for hydroxylation is 2. The predicted octanol–water partition coefficient (Wildman–Crippen LogP) is 4.98. The van der Waals surface area contributed by atoms with E-state index in [2.05, 4.69) is 5.32 Å². The van der Waals surface area contributed by atoms with Gasteiger partial charge in [-0.05, 0) is 67.8 Å². The normalized spacial score (nSPS) is 15.4. The summed E-state index contributed by atoms with van der Waals surface area (Å²) in [7, 11) is 0. The molecular formula is C25H22ClN3O3. The van der Waals surface area contributed by atoms with Crippen LogP contribution in [0.15, 0.2) is 60.2 Å². The zero-order chi connectivity index (χ0) is 23.0. The molecule has 1 aromatic heterocycles. The Morgan fingerprint density at radius 2 is 1.69 bits per heavy atom. The van der Waals surface area contributed by atoms with Crippen molar-refractivity contribution in [2.24, 2.45) is 0 Å². The summed E-state index contributed by atoms with van der Waals surface area (Å²) in [5.41, 5.74) is 4.59. The molecule has 1 aliphatic rings. The van der Waals surface area contributed by atoms with Crippen LogP contribution in [0, 0.1) is 13.8 Å². The number of benzene rings is 2. The molecule has 1 N–H and O–H groups in total. The summed E-state index contributed by atoms with van der Waals surface area (Å²) in [6.45, 7) is 5.83. The summed E-state index contributed by atoms with van der Waals surface area (Å²) in [4.78, 5) is 39.2. The molecule has 4 amide bonds. The number of carbonyl (C=O) groups is 3. The average Bonchev–Trinajstić information content (AvgIpc) is 3.04. The molecule has 0 aliphatic carbocycles. The Labute approximate surface area is 191 Å². The second-order valence-electron chi connectivity index (χ2n) is 7.59. The molecule has 1 aliphatic heterocycles. The molecular weight excluding hydrogens is 426 g/mol. The van der Waals surface area contributed by atoms with E-state index in [0.29, 0.717) is 16.3 Å². The lowest BCUT2D eigenvalue weighted by Crippen LogP contribution is -2.54. The second-order valence-corrected chi connectivity index (χ2v) is 8.00. The van der Waals surface area contributed by atoms with E-state index >= 15 is 0 Å². The molecule has 6 nitrogen and oxygen atoms in total. The second kappa shape index (κ2) is 8.48. The molecule has 0 unspecified atom stereocenters. The quantitative estimate of drug-likeness (QED) is 0.453. The van der Waals surface area contributed by atoms with Gasteiger partial charge in [-0.3, -0.25) is 14.9 Å². The van der Waals surface area contributed by atoms with E-state index in [9.17, 15) is 14.4 Å². The standard InChI is InChI=1S/C25H22ClN3O3/c1-4-17-9-11-19(12-10-17)29-24(31)20(23(30)27-25(29)32)14-18-13-15(2)28(16(18)3)22-8-6-5-7-21(22)26/h5-14H,4H2,1-3H3,(H,27,30,32)/b20-14-. The molecule has 0 atom stereocenters. The van der Waals surface area contributed by atoms with Crippen molar-refractivity contribution in [2.75, 3.05) is 4.90 Å². The molecule has 4 rings (SSSR count). The molecule has 3 aromatic rings. The highest BCUT2D eigenvalue weighted by Crippen LogP contribution is 2.29. The van der Waals surface area contributed by atoms with Gasteiger partial charge in [-0.25, -0.2) is 9.69 Å². The number of hydrogen-bond acceptors (Lipinski definition) is 3. The highest BCUT2D eigenvalue weighted by molar-refractivity contribution is 6.39. The van der Waals surface area contributed by atoms with E-state index in [1.165, 1.54) is 6.08 Å². The predicted molar refractivity (Wildman–Crippen MR) is 125 cm³/mol. The van der Waals surface area contributed by atoms with Crippen LogP contribution in [0.1, 0.15) is 29.4 Å². The van der Waals surface area contributed by atoms with Gasteiger partial charge >= 0.3 is 6.03 Å². The lowest BCUT2D eigenvalue weighted by Gasteiger charge is -2.26. The fraction of sp³-hybridized carbons (Fsp3) is 0.160. The summed E-state index contributed by atoms with van der Waals surface area (Å²) in [5.74, 6) is -1.38. The fourth-order valence-corrected chi connectivity index (χ4v) is 4.09. The summed E-state index contributed by atoms with van der Waals surface area (Å²) in [6, 6.07) is 15.7. The Bertz CT molecular complexity index is 1270. The summed E-state index contributed by atoms with van der Waals surface area (Å²) in [6.07, 6.45) is 2.36. The first-order valence-corrected chi connectivity index (χ1v) is 10.6. The van der Waals surface area contributed by atoms with E-state index < -0.39 is 17.8 Å². The smallest absolute Gasteiger partial charge is 0.316 e. The molecule has 0 spiro atoms. The first-order valence-electron chi connectivity index (χ1n) is 10.3. The van der Waals surface area contributed by atoms with Crippen LogP contribution in [0.5, 0.6) is 0 Å². The molecule has 1 fully saturated rings. The van der Waals surface area contributed by atoms with Crippen LogP contribution >= 0.6 is 11.6 Å². The van der Waals surface area contributed by atoms with E-state index in [-0.39, 0.29) is 5.57 Å². The number of aromatic nitrogens is 1. The number of hydrogen-bond donors (Lipinski definition) is 1. The lowest BCUT2D eigenvalue weighted by atomic mass is 10.1. The van der Waals surface area contributed by atoms with E-state index in [4.69, 9.17) is 11.6 Å². The van der Waals surface area contributed by atoms with Crippen molar-refractivity contribution in [1.82, 2.24) is 9.88 Å². The number of barbiturate groups is 1. The van der Waals surface area contributed by atoms with E-state index in [1.54, 1.807) is 18.2 Å². The number of anilines is 1. The molecule has 7 heteroatoms. The number of urea groups is 1. The molecule has 1 saturated heterocycles. The Hall–Kier alpha value is -3.64. The molecule has 0 radical (unpaired) electrons. The number of imide groups is 2. The monoisotopic (exact) mass is 447 g/mol. The lowest BCUT2D eigenvalue weighted by molar-refractivity contribution is -0.122. The zero-order valence-electron chi connectivity index (χ0n) is 18.0. The number of nitrogens with zero attached hydrogens (tertiary/aromatic N) is 2. The van der Waals surface area contributed by atoms with Crippen LogP contribution in [0.3, 0.4) is 0 Å². The summed E-state index contributed by atoms with van der Waals surface area (Å²) < 4.78 is 1.96. The topological polar surface area (TPSA) is 71.4 Å². The number of carbonyl (C=O) groups excluding carboxylic acids is 3. The van der Waals surface area contributed by atoms with Gasteiger partial charge in [-0.1, -0.05) is 42.8 Å². The van der Waals surface area contributed by atoms with Crippen LogP contribution in [0.2, 0.25) is 5.02 Å². The van der Waals surface area contributed by atoms with Gasteiger partial charge in [0.15, 0.2) is 0 Å². The fourth-order valence-electron chi connectivity index (χ4n) is 3.87. The maximum atomic E-state index is 13.2. The maximum absolute atomic E-state index is 13.2. The minimum absolute atomic E-state index is 0.108. The maximum Gasteiger partial charge on any atom is 0.335 e. The van der Waals surface area contributed by atoms with Gasteiger partial charge in [0.25, 0.3) is 11.8 Å². The van der Waals surface area contributed by atoms with Crippen LogP contribution in [0.4, 0.5) is 10.5 Å². The van der Waals surface area contributed by atoms with Gasteiger partial charge in [0, 0.05) is 11.4 Å². The highest BCUT2D eigenvalue weighted by atomic mass is 35.5. The number of nitrogens with one attached hydrogen (secondary N) is 1. The molecule has 32 heavy (non-hydrogen) atoms. The minimum Gasteiger partial charge on any atom is -0.316 e. The van der Waals surface area contributed by atoms with Crippen molar-refractivity contribution in [3.8, 4) is 5.69 Å². The number of rotatable bonds is 4. The third-order valence-electron chi connectivity index (χ3n) is 5.57. The molecule has 0 saturated carbocycles. The molecule has 162 valence electrons. The first kappa shape index (κ1) is 21.6. The van der Waals surface area contributed by atoms with Gasteiger partial charge in [-0.15, -0.1) is 0 Å². The Balaban J connectivity index is 1.75. The Morgan fingerprint density at radius 3 is 2.34 bits per heavy atom. The van der Waals surface area contributed by atoms with E-state index in [0.717, 1.165) is 34.0 Å². The van der Waals surface area contributed by atoms with Crippen molar-refractivity contribution < 1.29 is 14.4 Å². The van der Waals surface area contributed by atoms with Crippen molar-refractivity contribution in [1.29, 1.82) is 0 Å². The highest BCUT2D eigenvalue weighted by Gasteiger charge is 2.37. The SMILES string of the molecule is CCc1ccc(N2C(=O)NC(=O)/C(=C/c3cc(C)n(-c4ccccc4Cl)c3C)C2=O)cc1. The minimum atomic E-state index is -0.761. The average molecular weight is 448 g/mol. The molecule has 0 bridgehead atoms.